The van der Waals surface area contributed by atoms with E-state index in [-0.39, 0.29) is 5.25 Å². The van der Waals surface area contributed by atoms with E-state index < -0.39 is 10.8 Å². The molecule has 0 radical (unpaired) electrons. The van der Waals surface area contributed by atoms with Gasteiger partial charge in [-0.3, -0.25) is 8.89 Å². The van der Waals surface area contributed by atoms with Crippen LogP contribution in [-0.4, -0.2) is 25.8 Å². The van der Waals surface area contributed by atoms with Crippen LogP contribution >= 0.6 is 0 Å². The summed E-state index contributed by atoms with van der Waals surface area (Å²) in [5.41, 5.74) is 6.28. The number of hydrogen-bond donors (Lipinski definition) is 1. The average molecular weight is 201 g/mol. The van der Waals surface area contributed by atoms with Crippen molar-refractivity contribution in [3.63, 3.8) is 0 Å². The molecule has 74 valence electrons. The van der Waals surface area contributed by atoms with Crippen molar-refractivity contribution in [2.24, 2.45) is 12.8 Å². The second kappa shape index (κ2) is 4.53. The molecule has 13 heavy (non-hydrogen) atoms. The minimum atomic E-state index is -0.903. The number of hydrogen-bond acceptors (Lipinski definition) is 3. The summed E-state index contributed by atoms with van der Waals surface area (Å²) in [6.45, 7) is 2.35. The molecule has 0 aliphatic carbocycles. The molecule has 1 aromatic heterocycles. The zero-order valence-electron chi connectivity index (χ0n) is 7.93. The van der Waals surface area contributed by atoms with Crippen molar-refractivity contribution in [1.82, 2.24) is 9.78 Å². The van der Waals surface area contributed by atoms with Crippen molar-refractivity contribution < 1.29 is 4.21 Å². The van der Waals surface area contributed by atoms with Crippen LogP contribution in [0.15, 0.2) is 12.3 Å². The molecule has 0 aliphatic heterocycles. The zero-order chi connectivity index (χ0) is 9.84. The molecule has 4 nitrogen and oxygen atoms in total. The van der Waals surface area contributed by atoms with Gasteiger partial charge in [0.2, 0.25) is 0 Å². The van der Waals surface area contributed by atoms with E-state index in [2.05, 4.69) is 5.10 Å². The number of aromatic nitrogens is 2. The fraction of sp³-hybridized carbons (Fsp3) is 0.625. The maximum atomic E-state index is 11.5. The van der Waals surface area contributed by atoms with Crippen molar-refractivity contribution in [2.75, 3.05) is 6.54 Å². The number of aryl methyl sites for hydroxylation is 1. The van der Waals surface area contributed by atoms with E-state index in [0.717, 1.165) is 5.69 Å². The van der Waals surface area contributed by atoms with Crippen LogP contribution in [-0.2, 0) is 23.6 Å². The number of nitrogens with two attached hydrogens (primary N) is 1. The standard InChI is InChI=1S/C8H15N3OS/c1-7(5-9)13(12)6-8-3-4-11(2)10-8/h3-4,7H,5-6,9H2,1-2H3. The second-order valence-electron chi connectivity index (χ2n) is 3.05. The van der Waals surface area contributed by atoms with Gasteiger partial charge in [-0.25, -0.2) is 0 Å². The van der Waals surface area contributed by atoms with Crippen LogP contribution in [0.5, 0.6) is 0 Å². The lowest BCUT2D eigenvalue weighted by molar-refractivity contribution is 0.670. The van der Waals surface area contributed by atoms with E-state index in [0.29, 0.717) is 12.3 Å². The average Bonchev–Trinajstić information content (AvgIpc) is 2.49. The van der Waals surface area contributed by atoms with Crippen molar-refractivity contribution >= 4 is 10.8 Å². The molecule has 1 aromatic rings. The molecule has 0 aliphatic rings. The first-order valence-electron chi connectivity index (χ1n) is 4.19. The fourth-order valence-corrected chi connectivity index (χ4v) is 1.88. The predicted molar refractivity (Wildman–Crippen MR) is 53.6 cm³/mol. The summed E-state index contributed by atoms with van der Waals surface area (Å²) in [7, 11) is 0.943. The number of rotatable bonds is 4. The molecular formula is C8H15N3OS. The van der Waals surface area contributed by atoms with Crippen LogP contribution in [0.2, 0.25) is 0 Å². The maximum absolute atomic E-state index is 11.5. The first-order valence-corrected chi connectivity index (χ1v) is 5.57. The van der Waals surface area contributed by atoms with Gasteiger partial charge in [0.1, 0.15) is 0 Å². The van der Waals surface area contributed by atoms with Crippen molar-refractivity contribution in [3.05, 3.63) is 18.0 Å². The Hall–Kier alpha value is -0.680. The first kappa shape index (κ1) is 10.4. The Labute approximate surface area is 80.6 Å². The molecule has 2 N–H and O–H groups in total. The highest BCUT2D eigenvalue weighted by Crippen LogP contribution is 2.03. The quantitative estimate of drug-likeness (QED) is 0.747. The van der Waals surface area contributed by atoms with Gasteiger partial charge in [-0.05, 0) is 13.0 Å². The third-order valence-corrected chi connectivity index (χ3v) is 3.51. The molecule has 0 saturated heterocycles. The van der Waals surface area contributed by atoms with E-state index in [1.165, 1.54) is 0 Å². The largest absolute Gasteiger partial charge is 0.329 e. The highest BCUT2D eigenvalue weighted by molar-refractivity contribution is 7.84. The second-order valence-corrected chi connectivity index (χ2v) is 4.91. The van der Waals surface area contributed by atoms with Crippen molar-refractivity contribution in [3.8, 4) is 0 Å². The molecule has 0 bridgehead atoms. The topological polar surface area (TPSA) is 60.9 Å². The van der Waals surface area contributed by atoms with Gasteiger partial charge < -0.3 is 5.73 Å². The molecule has 0 fully saturated rings. The van der Waals surface area contributed by atoms with E-state index in [1.807, 2.05) is 26.2 Å². The zero-order valence-corrected chi connectivity index (χ0v) is 8.75. The third kappa shape index (κ3) is 2.93. The summed E-state index contributed by atoms with van der Waals surface area (Å²) in [5, 5.41) is 4.19. The lowest BCUT2D eigenvalue weighted by Gasteiger charge is -2.06. The van der Waals surface area contributed by atoms with Crippen LogP contribution in [0, 0.1) is 0 Å². The summed E-state index contributed by atoms with van der Waals surface area (Å²) in [6, 6.07) is 1.88. The Bertz CT molecular complexity index is 297. The molecule has 2 unspecified atom stereocenters. The SMILES string of the molecule is CC(CN)S(=O)Cc1ccn(C)n1. The molecule has 0 aromatic carbocycles. The Morgan fingerprint density at radius 1 is 1.77 bits per heavy atom. The molecule has 2 atom stereocenters. The highest BCUT2D eigenvalue weighted by Gasteiger charge is 2.10. The van der Waals surface area contributed by atoms with Crippen LogP contribution < -0.4 is 5.73 Å². The third-order valence-electron chi connectivity index (χ3n) is 1.84. The van der Waals surface area contributed by atoms with Crippen LogP contribution in [0.4, 0.5) is 0 Å². The molecule has 0 spiro atoms. The molecular weight excluding hydrogens is 186 g/mol. The molecule has 0 saturated carbocycles. The molecule has 5 heteroatoms. The molecule has 1 rings (SSSR count). The van der Waals surface area contributed by atoms with Crippen LogP contribution in [0.25, 0.3) is 0 Å². The summed E-state index contributed by atoms with van der Waals surface area (Å²) >= 11 is 0. The molecule has 0 amide bonds. The smallest absolute Gasteiger partial charge is 0.0749 e. The summed E-state index contributed by atoms with van der Waals surface area (Å²) < 4.78 is 13.2. The van der Waals surface area contributed by atoms with Crippen molar-refractivity contribution in [1.29, 1.82) is 0 Å². The summed E-state index contributed by atoms with van der Waals surface area (Å²) in [5.74, 6) is 0.499. The minimum Gasteiger partial charge on any atom is -0.329 e. The van der Waals surface area contributed by atoms with Gasteiger partial charge in [0.05, 0.1) is 11.4 Å². The Kier molecular flexibility index (Phi) is 3.62. The normalized spacial score (nSPS) is 15.6. The van der Waals surface area contributed by atoms with Gasteiger partial charge in [0.25, 0.3) is 0 Å². The summed E-state index contributed by atoms with van der Waals surface area (Å²) in [6.07, 6.45) is 1.85. The monoisotopic (exact) mass is 201 g/mol. The van der Waals surface area contributed by atoms with Crippen LogP contribution in [0.1, 0.15) is 12.6 Å². The predicted octanol–water partition coefficient (Wildman–Crippen LogP) is 0.0160. The van der Waals surface area contributed by atoms with Gasteiger partial charge in [-0.1, -0.05) is 0 Å². The van der Waals surface area contributed by atoms with Crippen LogP contribution in [0.3, 0.4) is 0 Å². The lowest BCUT2D eigenvalue weighted by Crippen LogP contribution is -2.22. The molecule has 1 heterocycles. The Morgan fingerprint density at radius 2 is 2.46 bits per heavy atom. The van der Waals surface area contributed by atoms with Gasteiger partial charge >= 0.3 is 0 Å². The Morgan fingerprint density at radius 3 is 2.92 bits per heavy atom. The fourth-order valence-electron chi connectivity index (χ4n) is 0.935. The van der Waals surface area contributed by atoms with Gasteiger partial charge in [0.15, 0.2) is 0 Å². The van der Waals surface area contributed by atoms with E-state index in [4.69, 9.17) is 5.73 Å². The summed E-state index contributed by atoms with van der Waals surface area (Å²) in [4.78, 5) is 0. The lowest BCUT2D eigenvalue weighted by atomic mass is 10.5. The van der Waals surface area contributed by atoms with E-state index in [9.17, 15) is 4.21 Å². The number of nitrogens with zero attached hydrogens (tertiary/aromatic N) is 2. The Balaban J connectivity index is 2.54. The highest BCUT2D eigenvalue weighted by atomic mass is 32.2. The first-order chi connectivity index (χ1) is 6.13. The minimum absolute atomic E-state index is 0.0435. The van der Waals surface area contributed by atoms with E-state index in [1.54, 1.807) is 4.68 Å². The van der Waals surface area contributed by atoms with Gasteiger partial charge in [0, 0.05) is 35.8 Å². The maximum Gasteiger partial charge on any atom is 0.0749 e. The van der Waals surface area contributed by atoms with Crippen molar-refractivity contribution in [2.45, 2.75) is 17.9 Å². The van der Waals surface area contributed by atoms with Gasteiger partial charge in [-0.15, -0.1) is 0 Å². The van der Waals surface area contributed by atoms with Gasteiger partial charge in [-0.2, -0.15) is 5.10 Å². The van der Waals surface area contributed by atoms with E-state index >= 15 is 0 Å².